The average molecular weight is 721 g/mol. The summed E-state index contributed by atoms with van der Waals surface area (Å²) in [5, 5.41) is 5.77. The zero-order chi connectivity index (χ0) is 36.0. The number of hydrogen-bond acceptors (Lipinski definition) is 7. The predicted molar refractivity (Wildman–Crippen MR) is 204 cm³/mol. The number of carbonyl (C=O) groups excluding carboxylic acids is 2. The van der Waals surface area contributed by atoms with Crippen LogP contribution >= 0.6 is 11.8 Å². The third-order valence-corrected chi connectivity index (χ3v) is 13.7. The first-order chi connectivity index (χ1) is 24.1. The van der Waals surface area contributed by atoms with E-state index in [-0.39, 0.29) is 23.5 Å². The first-order valence-corrected chi connectivity index (χ1v) is 21.6. The highest BCUT2D eigenvalue weighted by Gasteiger charge is 2.59. The minimum absolute atomic E-state index is 0.0246. The second kappa shape index (κ2) is 20.8. The van der Waals surface area contributed by atoms with Crippen molar-refractivity contribution in [2.24, 2.45) is 46.3 Å². The van der Waals surface area contributed by atoms with Crippen LogP contribution < -0.4 is 10.6 Å². The van der Waals surface area contributed by atoms with Gasteiger partial charge >= 0.3 is 6.09 Å². The second-order valence-corrected chi connectivity index (χ2v) is 17.8. The van der Waals surface area contributed by atoms with Gasteiger partial charge in [-0.05, 0) is 104 Å². The fourth-order valence-corrected chi connectivity index (χ4v) is 10.8. The Bertz CT molecular complexity index is 1070. The maximum absolute atomic E-state index is 12.7. The molecular formula is C41H72N2O6S. The van der Waals surface area contributed by atoms with Gasteiger partial charge in [0.1, 0.15) is 6.10 Å². The monoisotopic (exact) mass is 721 g/mol. The van der Waals surface area contributed by atoms with Crippen molar-refractivity contribution < 1.29 is 28.5 Å². The first-order valence-electron chi connectivity index (χ1n) is 20.2. The number of amides is 2. The van der Waals surface area contributed by atoms with Crippen LogP contribution in [0.3, 0.4) is 0 Å². The lowest BCUT2D eigenvalue weighted by Crippen LogP contribution is -2.51. The Labute approximate surface area is 309 Å². The van der Waals surface area contributed by atoms with E-state index < -0.39 is 0 Å². The Hall–Kier alpha value is -1.29. The standard InChI is InChI=1S/C41H72N2O6S/c1-30(2)9-7-10-31(3)35-13-14-36-34-12-11-32-29-33(15-18-40(32,4)37(34)16-19-41(35,36)5)49-39(45)43-20-8-22-46-24-26-48-27-25-47-23-21-42-38(44)17-28-50-6/h11,30-31,33-37H,7-10,12-29H2,1-6H3,(H,42,44)(H,43,45)/t31-,33?,34+,35-,36+,37+,40+,41-/m1/s1. The lowest BCUT2D eigenvalue weighted by atomic mass is 9.47. The van der Waals surface area contributed by atoms with Gasteiger partial charge < -0.3 is 29.6 Å². The summed E-state index contributed by atoms with van der Waals surface area (Å²) in [7, 11) is 0. The molecule has 4 rings (SSSR count). The zero-order valence-corrected chi connectivity index (χ0v) is 33.3. The highest BCUT2D eigenvalue weighted by Crippen LogP contribution is 2.67. The Morgan fingerprint density at radius 1 is 0.860 bits per heavy atom. The predicted octanol–water partition coefficient (Wildman–Crippen LogP) is 8.43. The number of rotatable bonds is 22. The van der Waals surface area contributed by atoms with Crippen molar-refractivity contribution in [2.45, 2.75) is 124 Å². The van der Waals surface area contributed by atoms with Gasteiger partial charge in [-0.2, -0.15) is 11.8 Å². The minimum Gasteiger partial charge on any atom is -0.446 e. The third kappa shape index (κ3) is 11.6. The van der Waals surface area contributed by atoms with Crippen LogP contribution in [-0.2, 0) is 23.7 Å². The number of nitrogens with one attached hydrogen (secondary N) is 2. The molecule has 50 heavy (non-hydrogen) atoms. The highest BCUT2D eigenvalue weighted by atomic mass is 32.2. The van der Waals surface area contributed by atoms with Crippen molar-refractivity contribution in [1.29, 1.82) is 0 Å². The summed E-state index contributed by atoms with van der Waals surface area (Å²) in [6.45, 7) is 16.6. The highest BCUT2D eigenvalue weighted by molar-refractivity contribution is 7.98. The van der Waals surface area contributed by atoms with Gasteiger partial charge in [-0.1, -0.05) is 65.5 Å². The van der Waals surface area contributed by atoms with E-state index >= 15 is 0 Å². The van der Waals surface area contributed by atoms with E-state index in [2.05, 4.69) is 51.3 Å². The van der Waals surface area contributed by atoms with Gasteiger partial charge in [0, 0.05) is 38.3 Å². The number of carbonyl (C=O) groups is 2. The Morgan fingerprint density at radius 3 is 2.34 bits per heavy atom. The quantitative estimate of drug-likeness (QED) is 0.0857. The van der Waals surface area contributed by atoms with E-state index in [4.69, 9.17) is 18.9 Å². The van der Waals surface area contributed by atoms with Crippen LogP contribution in [0.25, 0.3) is 0 Å². The number of ether oxygens (including phenoxy) is 4. The molecule has 9 heteroatoms. The molecule has 0 aromatic carbocycles. The van der Waals surface area contributed by atoms with E-state index in [1.54, 1.807) is 17.3 Å². The summed E-state index contributed by atoms with van der Waals surface area (Å²) >= 11 is 1.66. The molecule has 8 atom stereocenters. The maximum Gasteiger partial charge on any atom is 0.407 e. The molecule has 2 N–H and O–H groups in total. The zero-order valence-electron chi connectivity index (χ0n) is 32.5. The maximum atomic E-state index is 12.7. The summed E-state index contributed by atoms with van der Waals surface area (Å²) in [5.74, 6) is 5.94. The van der Waals surface area contributed by atoms with Crippen LogP contribution in [0.2, 0.25) is 0 Å². The molecule has 4 aliphatic carbocycles. The fourth-order valence-electron chi connectivity index (χ4n) is 10.4. The van der Waals surface area contributed by atoms with Crippen molar-refractivity contribution in [1.82, 2.24) is 10.6 Å². The molecule has 2 amide bonds. The van der Waals surface area contributed by atoms with Crippen molar-refractivity contribution in [3.05, 3.63) is 11.6 Å². The lowest BCUT2D eigenvalue weighted by molar-refractivity contribution is -0.120. The minimum atomic E-state index is -0.302. The van der Waals surface area contributed by atoms with E-state index in [9.17, 15) is 9.59 Å². The molecule has 3 fully saturated rings. The topological polar surface area (TPSA) is 95.1 Å². The van der Waals surface area contributed by atoms with Crippen LogP contribution in [0.5, 0.6) is 0 Å². The first kappa shape index (κ1) is 41.5. The molecule has 1 unspecified atom stereocenters. The largest absolute Gasteiger partial charge is 0.446 e. The van der Waals surface area contributed by atoms with Gasteiger partial charge in [-0.15, -0.1) is 0 Å². The van der Waals surface area contributed by atoms with Gasteiger partial charge in [-0.25, -0.2) is 4.79 Å². The van der Waals surface area contributed by atoms with E-state index in [0.29, 0.717) is 64.6 Å². The molecule has 8 nitrogen and oxygen atoms in total. The summed E-state index contributed by atoms with van der Waals surface area (Å²) in [5.41, 5.74) is 2.35. The Kier molecular flexibility index (Phi) is 17.3. The SMILES string of the molecule is CSCCC(=O)NCCOCCOCCOCCCNC(=O)OC1CC[C@@]2(C)C(=CC[C@H]3[C@@H]4CC[C@H]([C@H](C)CCCC(C)C)[C@@]4(C)CC[C@@H]32)C1. The molecule has 0 saturated heterocycles. The molecule has 0 radical (unpaired) electrons. The molecule has 0 aliphatic heterocycles. The van der Waals surface area contributed by atoms with Crippen molar-refractivity contribution in [2.75, 3.05) is 64.7 Å². The smallest absolute Gasteiger partial charge is 0.407 e. The number of alkyl carbamates (subject to hydrolysis) is 1. The number of thioether (sulfide) groups is 1. The normalized spacial score (nSPS) is 30.9. The summed E-state index contributed by atoms with van der Waals surface area (Å²) in [4.78, 5) is 24.2. The molecule has 0 aromatic rings. The van der Waals surface area contributed by atoms with E-state index in [1.807, 2.05) is 6.26 Å². The fraction of sp³-hybridized carbons (Fsp3) is 0.902. The Balaban J connectivity index is 1.06. The Morgan fingerprint density at radius 2 is 1.60 bits per heavy atom. The van der Waals surface area contributed by atoms with Crippen molar-refractivity contribution in [3.63, 3.8) is 0 Å². The summed E-state index contributed by atoms with van der Waals surface area (Å²) in [6.07, 6.45) is 19.5. The summed E-state index contributed by atoms with van der Waals surface area (Å²) in [6, 6.07) is 0. The molecule has 3 saturated carbocycles. The van der Waals surface area contributed by atoms with E-state index in [1.165, 1.54) is 51.4 Å². The van der Waals surface area contributed by atoms with Gasteiger partial charge in [0.15, 0.2) is 0 Å². The number of hydrogen-bond donors (Lipinski definition) is 2. The van der Waals surface area contributed by atoms with Crippen LogP contribution in [0.1, 0.15) is 118 Å². The van der Waals surface area contributed by atoms with Gasteiger partial charge in [-0.3, -0.25) is 4.79 Å². The molecule has 4 aliphatic rings. The molecular weight excluding hydrogens is 649 g/mol. The van der Waals surface area contributed by atoms with Crippen LogP contribution in [-0.4, -0.2) is 82.8 Å². The lowest BCUT2D eigenvalue weighted by Gasteiger charge is -2.58. The number of fused-ring (bicyclic) bond motifs is 5. The van der Waals surface area contributed by atoms with Crippen molar-refractivity contribution >= 4 is 23.8 Å². The molecule has 0 aromatic heterocycles. The van der Waals surface area contributed by atoms with Crippen LogP contribution in [0.4, 0.5) is 4.79 Å². The molecule has 0 bridgehead atoms. The van der Waals surface area contributed by atoms with Gasteiger partial charge in [0.05, 0.1) is 33.0 Å². The van der Waals surface area contributed by atoms with Crippen LogP contribution in [0.15, 0.2) is 11.6 Å². The van der Waals surface area contributed by atoms with Crippen molar-refractivity contribution in [3.8, 4) is 0 Å². The van der Waals surface area contributed by atoms with Gasteiger partial charge in [0.2, 0.25) is 5.91 Å². The average Bonchev–Trinajstić information content (AvgIpc) is 3.44. The van der Waals surface area contributed by atoms with Gasteiger partial charge in [0.25, 0.3) is 0 Å². The molecule has 0 heterocycles. The third-order valence-electron chi connectivity index (χ3n) is 13.1. The van der Waals surface area contributed by atoms with Crippen LogP contribution in [0, 0.1) is 46.3 Å². The summed E-state index contributed by atoms with van der Waals surface area (Å²) < 4.78 is 22.6. The number of allylic oxidation sites excluding steroid dienone is 1. The molecule has 0 spiro atoms. The van der Waals surface area contributed by atoms with E-state index in [0.717, 1.165) is 66.9 Å². The second-order valence-electron chi connectivity index (χ2n) is 16.8. The molecule has 288 valence electrons.